The van der Waals surface area contributed by atoms with Crippen LogP contribution in [0.25, 0.3) is 0 Å². The van der Waals surface area contributed by atoms with Crippen molar-refractivity contribution in [2.45, 2.75) is 18.4 Å². The van der Waals surface area contributed by atoms with Gasteiger partial charge in [-0.25, -0.2) is 0 Å². The van der Waals surface area contributed by atoms with Gasteiger partial charge >= 0.3 is 0 Å². The number of nitrogens with two attached hydrogens (primary N) is 2. The number of hydrogen-bond donors (Lipinski definition) is 2. The Morgan fingerprint density at radius 1 is 1.40 bits per heavy atom. The van der Waals surface area contributed by atoms with Gasteiger partial charge < -0.3 is 11.5 Å². The second kappa shape index (κ2) is 5.78. The number of primary amides is 1. The lowest BCUT2D eigenvalue weighted by Gasteiger charge is -2.06. The molecule has 1 rings (SSSR count). The van der Waals surface area contributed by atoms with E-state index in [0.717, 1.165) is 16.2 Å². The van der Waals surface area contributed by atoms with Crippen LogP contribution < -0.4 is 11.5 Å². The van der Waals surface area contributed by atoms with E-state index in [1.54, 1.807) is 11.8 Å². The Morgan fingerprint density at radius 2 is 2.00 bits per heavy atom. The minimum absolute atomic E-state index is 0.0933. The van der Waals surface area contributed by atoms with Gasteiger partial charge in [0.25, 0.3) is 0 Å². The first-order valence-corrected chi connectivity index (χ1v) is 5.83. The molecule has 1 aromatic carbocycles. The zero-order valence-electron chi connectivity index (χ0n) is 8.77. The summed E-state index contributed by atoms with van der Waals surface area (Å²) in [7, 11) is 0. The molecule has 3 nitrogen and oxygen atoms in total. The average molecular weight is 224 g/mol. The molecule has 0 saturated heterocycles. The molecular formula is C11H16N2OS. The normalized spacial score (nSPS) is 12.4. The predicted octanol–water partition coefficient (Wildman–Crippen LogP) is 1.36. The molecule has 0 fully saturated rings. The van der Waals surface area contributed by atoms with Gasteiger partial charge in [0, 0.05) is 23.1 Å². The van der Waals surface area contributed by atoms with Crippen LogP contribution in [0.2, 0.25) is 0 Å². The highest BCUT2D eigenvalue weighted by Crippen LogP contribution is 2.20. The van der Waals surface area contributed by atoms with Crippen LogP contribution in [-0.2, 0) is 11.3 Å². The summed E-state index contributed by atoms with van der Waals surface area (Å²) in [5, 5.41) is 0. The summed E-state index contributed by atoms with van der Waals surface area (Å²) < 4.78 is 0. The monoisotopic (exact) mass is 224 g/mol. The Bertz CT molecular complexity index is 324. The molecule has 0 spiro atoms. The molecule has 0 aliphatic rings. The Kier molecular flexibility index (Phi) is 4.65. The molecule has 1 amide bonds. The summed E-state index contributed by atoms with van der Waals surface area (Å²) in [5.74, 6) is 0.377. The van der Waals surface area contributed by atoms with Gasteiger partial charge in [-0.1, -0.05) is 19.1 Å². The lowest BCUT2D eigenvalue weighted by molar-refractivity contribution is -0.120. The average Bonchev–Trinajstić information content (AvgIpc) is 2.26. The number of amides is 1. The van der Waals surface area contributed by atoms with Crippen molar-refractivity contribution in [3.63, 3.8) is 0 Å². The fourth-order valence-corrected chi connectivity index (χ4v) is 1.96. The SMILES string of the molecule is CC(CSc1ccc(CN)cc1)C(N)=O. The van der Waals surface area contributed by atoms with E-state index in [9.17, 15) is 4.79 Å². The van der Waals surface area contributed by atoms with Crippen LogP contribution in [0.3, 0.4) is 0 Å². The van der Waals surface area contributed by atoms with E-state index in [0.29, 0.717) is 6.54 Å². The summed E-state index contributed by atoms with van der Waals surface area (Å²) in [5.41, 5.74) is 11.8. The molecule has 0 aliphatic carbocycles. The van der Waals surface area contributed by atoms with Gasteiger partial charge in [0.1, 0.15) is 0 Å². The lowest BCUT2D eigenvalue weighted by atomic mass is 10.2. The van der Waals surface area contributed by atoms with Crippen molar-refractivity contribution < 1.29 is 4.79 Å². The molecule has 1 unspecified atom stereocenters. The maximum Gasteiger partial charge on any atom is 0.221 e. The van der Waals surface area contributed by atoms with Crippen LogP contribution in [0.5, 0.6) is 0 Å². The van der Waals surface area contributed by atoms with Crippen molar-refractivity contribution in [3.05, 3.63) is 29.8 Å². The number of carbonyl (C=O) groups is 1. The fourth-order valence-electron chi connectivity index (χ4n) is 1.03. The second-order valence-corrected chi connectivity index (χ2v) is 4.56. The summed E-state index contributed by atoms with van der Waals surface area (Å²) in [4.78, 5) is 12.0. The largest absolute Gasteiger partial charge is 0.369 e. The highest BCUT2D eigenvalue weighted by Gasteiger charge is 2.08. The van der Waals surface area contributed by atoms with Crippen molar-refractivity contribution in [1.29, 1.82) is 0 Å². The van der Waals surface area contributed by atoms with Gasteiger partial charge in [0.05, 0.1) is 0 Å². The fraction of sp³-hybridized carbons (Fsp3) is 0.364. The number of benzene rings is 1. The number of rotatable bonds is 5. The van der Waals surface area contributed by atoms with Gasteiger partial charge in [-0.3, -0.25) is 4.79 Å². The highest BCUT2D eigenvalue weighted by molar-refractivity contribution is 7.99. The third-order valence-electron chi connectivity index (χ3n) is 2.14. The van der Waals surface area contributed by atoms with Gasteiger partial charge in [-0.05, 0) is 17.7 Å². The number of hydrogen-bond acceptors (Lipinski definition) is 3. The lowest BCUT2D eigenvalue weighted by Crippen LogP contribution is -2.22. The molecule has 4 N–H and O–H groups in total. The molecule has 0 aliphatic heterocycles. The molecule has 15 heavy (non-hydrogen) atoms. The summed E-state index contributed by atoms with van der Waals surface area (Å²) in [6.45, 7) is 2.40. The van der Waals surface area contributed by atoms with E-state index in [4.69, 9.17) is 11.5 Å². The minimum atomic E-state index is -0.249. The maximum absolute atomic E-state index is 10.8. The van der Waals surface area contributed by atoms with E-state index in [1.165, 1.54) is 0 Å². The van der Waals surface area contributed by atoms with Crippen LogP contribution in [0.1, 0.15) is 12.5 Å². The van der Waals surface area contributed by atoms with Crippen LogP contribution in [0.4, 0.5) is 0 Å². The van der Waals surface area contributed by atoms with Gasteiger partial charge in [-0.15, -0.1) is 11.8 Å². The maximum atomic E-state index is 10.8. The molecule has 1 aromatic rings. The van der Waals surface area contributed by atoms with Crippen LogP contribution in [-0.4, -0.2) is 11.7 Å². The van der Waals surface area contributed by atoms with Gasteiger partial charge in [0.2, 0.25) is 5.91 Å². The molecule has 0 heterocycles. The van der Waals surface area contributed by atoms with E-state index < -0.39 is 0 Å². The zero-order chi connectivity index (χ0) is 11.3. The first kappa shape index (κ1) is 12.1. The Morgan fingerprint density at radius 3 is 2.47 bits per heavy atom. The first-order valence-electron chi connectivity index (χ1n) is 4.84. The topological polar surface area (TPSA) is 69.1 Å². The van der Waals surface area contributed by atoms with Crippen LogP contribution >= 0.6 is 11.8 Å². The van der Waals surface area contributed by atoms with Gasteiger partial charge in [0.15, 0.2) is 0 Å². The first-order chi connectivity index (χ1) is 7.13. The second-order valence-electron chi connectivity index (χ2n) is 3.46. The van der Waals surface area contributed by atoms with E-state index >= 15 is 0 Å². The van der Waals surface area contributed by atoms with Crippen molar-refractivity contribution in [2.75, 3.05) is 5.75 Å². The Balaban J connectivity index is 2.47. The highest BCUT2D eigenvalue weighted by atomic mass is 32.2. The minimum Gasteiger partial charge on any atom is -0.369 e. The predicted molar refractivity (Wildman–Crippen MR) is 63.4 cm³/mol. The van der Waals surface area contributed by atoms with E-state index in [1.807, 2.05) is 31.2 Å². The molecule has 0 aromatic heterocycles. The van der Waals surface area contributed by atoms with E-state index in [-0.39, 0.29) is 11.8 Å². The van der Waals surface area contributed by atoms with Crippen molar-refractivity contribution in [3.8, 4) is 0 Å². The molecule has 0 saturated carbocycles. The smallest absolute Gasteiger partial charge is 0.221 e. The van der Waals surface area contributed by atoms with Crippen molar-refractivity contribution in [2.24, 2.45) is 17.4 Å². The van der Waals surface area contributed by atoms with E-state index in [2.05, 4.69) is 0 Å². The zero-order valence-corrected chi connectivity index (χ0v) is 9.59. The molecular weight excluding hydrogens is 208 g/mol. The van der Waals surface area contributed by atoms with Crippen molar-refractivity contribution >= 4 is 17.7 Å². The number of carbonyl (C=O) groups excluding carboxylic acids is 1. The molecule has 1 atom stereocenters. The molecule has 4 heteroatoms. The number of thioether (sulfide) groups is 1. The molecule has 0 bridgehead atoms. The van der Waals surface area contributed by atoms with Crippen LogP contribution in [0.15, 0.2) is 29.2 Å². The quantitative estimate of drug-likeness (QED) is 0.742. The summed E-state index contributed by atoms with van der Waals surface area (Å²) >= 11 is 1.63. The van der Waals surface area contributed by atoms with Crippen molar-refractivity contribution in [1.82, 2.24) is 0 Å². The standard InChI is InChI=1S/C11H16N2OS/c1-8(11(13)14)7-15-10-4-2-9(6-12)3-5-10/h2-5,8H,6-7,12H2,1H3,(H2,13,14). The summed E-state index contributed by atoms with van der Waals surface area (Å²) in [6, 6.07) is 8.02. The third-order valence-corrected chi connectivity index (χ3v) is 3.42. The molecule has 0 radical (unpaired) electrons. The molecule has 82 valence electrons. The Labute approximate surface area is 94.2 Å². The Hall–Kier alpha value is -1.00. The summed E-state index contributed by atoms with van der Waals surface area (Å²) in [6.07, 6.45) is 0. The van der Waals surface area contributed by atoms with Crippen LogP contribution in [0, 0.1) is 5.92 Å². The third kappa shape index (κ3) is 3.93. The van der Waals surface area contributed by atoms with Gasteiger partial charge in [-0.2, -0.15) is 0 Å².